The Bertz CT molecular complexity index is 462. The molecule has 1 aromatic rings. The predicted octanol–water partition coefficient (Wildman–Crippen LogP) is 2.56. The van der Waals surface area contributed by atoms with Crippen LogP contribution in [0.1, 0.15) is 32.3 Å². The molecule has 0 spiro atoms. The molecule has 0 bridgehead atoms. The maximum Gasteiger partial charge on any atom is 0.223 e. The van der Waals surface area contributed by atoms with E-state index in [0.717, 1.165) is 12.0 Å². The highest BCUT2D eigenvalue weighted by Crippen LogP contribution is 2.19. The van der Waals surface area contributed by atoms with Gasteiger partial charge in [0.1, 0.15) is 0 Å². The first-order valence-electron chi connectivity index (χ1n) is 7.35. The van der Waals surface area contributed by atoms with Crippen LogP contribution in [-0.2, 0) is 11.3 Å². The predicted molar refractivity (Wildman–Crippen MR) is 81.5 cm³/mol. The molecule has 0 saturated heterocycles. The number of amides is 1. The Kier molecular flexibility index (Phi) is 7.15. The lowest BCUT2D eigenvalue weighted by molar-refractivity contribution is -0.132. The lowest BCUT2D eigenvalue weighted by Crippen LogP contribution is -2.33. The molecular formula is C16H25FN2O2. The van der Waals surface area contributed by atoms with Crippen molar-refractivity contribution in [2.45, 2.75) is 33.2 Å². The van der Waals surface area contributed by atoms with Gasteiger partial charge in [-0.2, -0.15) is 0 Å². The molecule has 0 aromatic heterocycles. The number of hydrogen-bond acceptors (Lipinski definition) is 3. The molecule has 0 saturated carbocycles. The molecule has 0 heterocycles. The molecule has 1 aromatic carbocycles. The van der Waals surface area contributed by atoms with Gasteiger partial charge in [-0.1, -0.05) is 19.4 Å². The molecule has 5 heteroatoms. The summed E-state index contributed by atoms with van der Waals surface area (Å²) in [5.74, 6) is 0.0689. The van der Waals surface area contributed by atoms with Crippen LogP contribution in [0.2, 0.25) is 0 Å². The topological polar surface area (TPSA) is 55.6 Å². The molecule has 1 amide bonds. The molecule has 0 fully saturated rings. The molecule has 0 aliphatic carbocycles. The molecule has 0 aliphatic rings. The molecule has 21 heavy (non-hydrogen) atoms. The quantitative estimate of drug-likeness (QED) is 0.802. The molecule has 1 unspecified atom stereocenters. The maximum absolute atomic E-state index is 13.7. The summed E-state index contributed by atoms with van der Waals surface area (Å²) in [6, 6.07) is 4.77. The van der Waals surface area contributed by atoms with E-state index in [1.807, 2.05) is 13.8 Å². The van der Waals surface area contributed by atoms with Crippen molar-refractivity contribution in [3.05, 3.63) is 29.6 Å². The van der Waals surface area contributed by atoms with Gasteiger partial charge < -0.3 is 15.4 Å². The number of carbonyl (C=O) groups excluding carboxylic acids is 1. The summed E-state index contributed by atoms with van der Waals surface area (Å²) in [7, 11) is 1.43. The number of nitrogens with two attached hydrogens (primary N) is 1. The fourth-order valence-electron chi connectivity index (χ4n) is 2.18. The maximum atomic E-state index is 13.7. The van der Waals surface area contributed by atoms with E-state index in [2.05, 4.69) is 0 Å². The minimum atomic E-state index is -0.410. The lowest BCUT2D eigenvalue weighted by Gasteiger charge is -2.23. The van der Waals surface area contributed by atoms with Gasteiger partial charge in [0.2, 0.25) is 5.91 Å². The van der Waals surface area contributed by atoms with Crippen LogP contribution in [0.3, 0.4) is 0 Å². The van der Waals surface area contributed by atoms with Gasteiger partial charge in [-0.15, -0.1) is 0 Å². The Morgan fingerprint density at radius 1 is 1.43 bits per heavy atom. The molecule has 1 atom stereocenters. The van der Waals surface area contributed by atoms with Crippen LogP contribution in [0.4, 0.5) is 4.39 Å². The summed E-state index contributed by atoms with van der Waals surface area (Å²) in [5.41, 5.74) is 6.40. The summed E-state index contributed by atoms with van der Waals surface area (Å²) in [6.45, 7) is 5.45. The van der Waals surface area contributed by atoms with Crippen molar-refractivity contribution in [2.75, 3.05) is 20.2 Å². The smallest absolute Gasteiger partial charge is 0.223 e. The molecule has 2 N–H and O–H groups in total. The van der Waals surface area contributed by atoms with Crippen molar-refractivity contribution >= 4 is 5.91 Å². The Balaban J connectivity index is 2.73. The van der Waals surface area contributed by atoms with E-state index in [-0.39, 0.29) is 17.6 Å². The van der Waals surface area contributed by atoms with Gasteiger partial charge in [-0.3, -0.25) is 4.79 Å². The second kappa shape index (κ2) is 8.62. The van der Waals surface area contributed by atoms with E-state index < -0.39 is 5.82 Å². The van der Waals surface area contributed by atoms with Crippen molar-refractivity contribution in [1.82, 2.24) is 4.90 Å². The number of ether oxygens (including phenoxy) is 1. The first kappa shape index (κ1) is 17.4. The van der Waals surface area contributed by atoms with E-state index >= 15 is 0 Å². The fraction of sp³-hybridized carbons (Fsp3) is 0.562. The Labute approximate surface area is 126 Å². The van der Waals surface area contributed by atoms with E-state index in [1.165, 1.54) is 13.2 Å². The first-order chi connectivity index (χ1) is 10.0. The highest BCUT2D eigenvalue weighted by molar-refractivity contribution is 5.76. The van der Waals surface area contributed by atoms with E-state index in [4.69, 9.17) is 10.5 Å². The van der Waals surface area contributed by atoms with Crippen LogP contribution >= 0.6 is 0 Å². The van der Waals surface area contributed by atoms with Crippen LogP contribution in [0, 0.1) is 11.7 Å². The molecule has 118 valence electrons. The van der Waals surface area contributed by atoms with Crippen molar-refractivity contribution < 1.29 is 13.9 Å². The summed E-state index contributed by atoms with van der Waals surface area (Å²) in [4.78, 5) is 14.0. The SMILES string of the molecule is CCC(CN)CC(=O)N(CC)Cc1ccc(OC)c(F)c1. The van der Waals surface area contributed by atoms with E-state index in [0.29, 0.717) is 26.1 Å². The molecule has 0 aliphatic heterocycles. The standard InChI is InChI=1S/C16H25FN2O2/c1-4-12(10-18)9-16(20)19(5-2)11-13-6-7-15(21-3)14(17)8-13/h6-8,12H,4-5,9-11,18H2,1-3H3. The van der Waals surface area contributed by atoms with Gasteiger partial charge in [0, 0.05) is 19.5 Å². The van der Waals surface area contributed by atoms with Crippen molar-refractivity contribution in [2.24, 2.45) is 11.7 Å². The van der Waals surface area contributed by atoms with Crippen LogP contribution in [0.5, 0.6) is 5.75 Å². The molecular weight excluding hydrogens is 271 g/mol. The first-order valence-corrected chi connectivity index (χ1v) is 7.35. The Hall–Kier alpha value is -1.62. The lowest BCUT2D eigenvalue weighted by atomic mass is 10.0. The Morgan fingerprint density at radius 3 is 2.62 bits per heavy atom. The molecule has 1 rings (SSSR count). The summed E-state index contributed by atoms with van der Waals surface area (Å²) in [5, 5.41) is 0. The average molecular weight is 296 g/mol. The average Bonchev–Trinajstić information content (AvgIpc) is 2.50. The number of hydrogen-bond donors (Lipinski definition) is 1. The highest BCUT2D eigenvalue weighted by Gasteiger charge is 2.17. The summed E-state index contributed by atoms with van der Waals surface area (Å²) < 4.78 is 18.6. The Morgan fingerprint density at radius 2 is 2.14 bits per heavy atom. The number of methoxy groups -OCH3 is 1. The van der Waals surface area contributed by atoms with Gasteiger partial charge in [0.25, 0.3) is 0 Å². The highest BCUT2D eigenvalue weighted by atomic mass is 19.1. The van der Waals surface area contributed by atoms with Crippen LogP contribution in [-0.4, -0.2) is 31.0 Å². The van der Waals surface area contributed by atoms with E-state index in [9.17, 15) is 9.18 Å². The summed E-state index contributed by atoms with van der Waals surface area (Å²) >= 11 is 0. The zero-order chi connectivity index (χ0) is 15.8. The third kappa shape index (κ3) is 5.01. The van der Waals surface area contributed by atoms with Crippen LogP contribution in [0.25, 0.3) is 0 Å². The van der Waals surface area contributed by atoms with Gasteiger partial charge in [-0.05, 0) is 37.1 Å². The van der Waals surface area contributed by atoms with Crippen molar-refractivity contribution in [3.8, 4) is 5.75 Å². The minimum Gasteiger partial charge on any atom is -0.494 e. The number of carbonyl (C=O) groups is 1. The number of benzene rings is 1. The zero-order valence-electron chi connectivity index (χ0n) is 13.1. The van der Waals surface area contributed by atoms with Gasteiger partial charge in [0.05, 0.1) is 7.11 Å². The van der Waals surface area contributed by atoms with Crippen molar-refractivity contribution in [3.63, 3.8) is 0 Å². The second-order valence-electron chi connectivity index (χ2n) is 5.09. The third-order valence-electron chi connectivity index (χ3n) is 3.70. The zero-order valence-corrected chi connectivity index (χ0v) is 13.1. The molecule has 4 nitrogen and oxygen atoms in total. The largest absolute Gasteiger partial charge is 0.494 e. The monoisotopic (exact) mass is 296 g/mol. The van der Waals surface area contributed by atoms with Crippen molar-refractivity contribution in [1.29, 1.82) is 0 Å². The third-order valence-corrected chi connectivity index (χ3v) is 3.70. The van der Waals surface area contributed by atoms with Gasteiger partial charge in [0.15, 0.2) is 11.6 Å². The second-order valence-corrected chi connectivity index (χ2v) is 5.09. The minimum absolute atomic E-state index is 0.0611. The summed E-state index contributed by atoms with van der Waals surface area (Å²) in [6.07, 6.45) is 1.33. The number of halogens is 1. The van der Waals surface area contributed by atoms with Crippen LogP contribution in [0.15, 0.2) is 18.2 Å². The molecule has 0 radical (unpaired) electrons. The van der Waals surface area contributed by atoms with Crippen LogP contribution < -0.4 is 10.5 Å². The van der Waals surface area contributed by atoms with Gasteiger partial charge >= 0.3 is 0 Å². The normalized spacial score (nSPS) is 12.0. The van der Waals surface area contributed by atoms with E-state index in [1.54, 1.807) is 17.0 Å². The fourth-order valence-corrected chi connectivity index (χ4v) is 2.18. The number of rotatable bonds is 8. The van der Waals surface area contributed by atoms with Gasteiger partial charge in [-0.25, -0.2) is 4.39 Å². The number of nitrogens with zero attached hydrogens (tertiary/aromatic N) is 1.